The fourth-order valence-corrected chi connectivity index (χ4v) is 1.42. The first-order chi connectivity index (χ1) is 7.93. The van der Waals surface area contributed by atoms with Gasteiger partial charge in [-0.15, -0.1) is 0 Å². The van der Waals surface area contributed by atoms with E-state index in [1.54, 1.807) is 6.92 Å². The van der Waals surface area contributed by atoms with Crippen LogP contribution in [0.4, 0.5) is 13.2 Å². The van der Waals surface area contributed by atoms with Crippen molar-refractivity contribution in [2.24, 2.45) is 5.90 Å². The van der Waals surface area contributed by atoms with E-state index >= 15 is 0 Å². The zero-order valence-electron chi connectivity index (χ0n) is 9.41. The van der Waals surface area contributed by atoms with Crippen LogP contribution in [0.2, 0.25) is 0 Å². The number of rotatable bonds is 4. The van der Waals surface area contributed by atoms with Crippen molar-refractivity contribution in [3.63, 3.8) is 0 Å². The first kappa shape index (κ1) is 13.7. The third kappa shape index (κ3) is 3.07. The van der Waals surface area contributed by atoms with Crippen LogP contribution in [-0.2, 0) is 11.0 Å². The third-order valence-corrected chi connectivity index (χ3v) is 2.28. The summed E-state index contributed by atoms with van der Waals surface area (Å²) in [6.45, 7) is 1.75. The van der Waals surface area contributed by atoms with Gasteiger partial charge in [0.25, 0.3) is 0 Å². The molecule has 0 saturated heterocycles. The first-order valence-electron chi connectivity index (χ1n) is 4.90. The topological polar surface area (TPSA) is 57.4 Å². The van der Waals surface area contributed by atoms with Gasteiger partial charge < -0.3 is 4.74 Å². The summed E-state index contributed by atoms with van der Waals surface area (Å²) in [6, 6.07) is 0.937. The number of aromatic nitrogens is 1. The summed E-state index contributed by atoms with van der Waals surface area (Å²) in [5.41, 5.74) is -0.670. The van der Waals surface area contributed by atoms with Gasteiger partial charge in [0.15, 0.2) is 0 Å². The van der Waals surface area contributed by atoms with Crippen molar-refractivity contribution in [1.29, 1.82) is 0 Å². The second-order valence-corrected chi connectivity index (χ2v) is 3.36. The molecule has 1 rings (SSSR count). The van der Waals surface area contributed by atoms with Crippen LogP contribution in [0.1, 0.15) is 30.6 Å². The Morgan fingerprint density at radius 3 is 2.53 bits per heavy atom. The normalized spacial score (nSPS) is 13.5. The lowest BCUT2D eigenvalue weighted by Crippen LogP contribution is -2.13. The zero-order valence-corrected chi connectivity index (χ0v) is 9.41. The van der Waals surface area contributed by atoms with Gasteiger partial charge in [0.2, 0.25) is 5.88 Å². The van der Waals surface area contributed by atoms with Crippen LogP contribution in [-0.4, -0.2) is 12.1 Å². The second kappa shape index (κ2) is 5.33. The van der Waals surface area contributed by atoms with E-state index in [4.69, 9.17) is 5.90 Å². The van der Waals surface area contributed by atoms with E-state index < -0.39 is 23.7 Å². The van der Waals surface area contributed by atoms with E-state index in [9.17, 15) is 13.2 Å². The molecule has 0 bridgehead atoms. The quantitative estimate of drug-likeness (QED) is 0.834. The van der Waals surface area contributed by atoms with Gasteiger partial charge in [-0.1, -0.05) is 6.92 Å². The van der Waals surface area contributed by atoms with Gasteiger partial charge in [0.1, 0.15) is 11.7 Å². The summed E-state index contributed by atoms with van der Waals surface area (Å²) < 4.78 is 42.7. The summed E-state index contributed by atoms with van der Waals surface area (Å²) in [5.74, 6) is 4.54. The maximum absolute atomic E-state index is 12.7. The molecule has 7 heteroatoms. The molecule has 1 heterocycles. The molecule has 0 aliphatic carbocycles. The van der Waals surface area contributed by atoms with E-state index in [1.165, 1.54) is 6.20 Å². The molecule has 0 saturated carbocycles. The minimum Gasteiger partial charge on any atom is -0.481 e. The Kier molecular flexibility index (Phi) is 4.30. The van der Waals surface area contributed by atoms with Crippen LogP contribution in [0.5, 0.6) is 5.88 Å². The number of hydrogen-bond acceptors (Lipinski definition) is 4. The van der Waals surface area contributed by atoms with Crippen molar-refractivity contribution >= 4 is 0 Å². The van der Waals surface area contributed by atoms with E-state index in [1.807, 2.05) is 0 Å². The molecule has 17 heavy (non-hydrogen) atoms. The van der Waals surface area contributed by atoms with Crippen molar-refractivity contribution < 1.29 is 22.7 Å². The van der Waals surface area contributed by atoms with Crippen molar-refractivity contribution in [3.05, 3.63) is 23.4 Å². The van der Waals surface area contributed by atoms with Gasteiger partial charge in [-0.2, -0.15) is 13.2 Å². The lowest BCUT2D eigenvalue weighted by Gasteiger charge is -2.16. The monoisotopic (exact) mass is 250 g/mol. The maximum atomic E-state index is 12.7. The van der Waals surface area contributed by atoms with Gasteiger partial charge in [0.05, 0.1) is 7.11 Å². The summed E-state index contributed by atoms with van der Waals surface area (Å²) in [6.07, 6.45) is -3.44. The number of methoxy groups -OCH3 is 1. The van der Waals surface area contributed by atoms with E-state index in [0.29, 0.717) is 6.42 Å². The molecule has 1 atom stereocenters. The summed E-state index contributed by atoms with van der Waals surface area (Å²) >= 11 is 0. The van der Waals surface area contributed by atoms with Crippen LogP contribution in [0.25, 0.3) is 0 Å². The highest BCUT2D eigenvalue weighted by Crippen LogP contribution is 2.36. The molecule has 0 aromatic carbocycles. The summed E-state index contributed by atoms with van der Waals surface area (Å²) in [7, 11) is 1.13. The standard InChI is InChI=1S/C10H13F3N2O2/c1-3-8(17-14)6-4-7(10(11,12)13)9(16-2)15-5-6/h4-5,8H,3,14H2,1-2H3. The van der Waals surface area contributed by atoms with Crippen molar-refractivity contribution in [2.75, 3.05) is 7.11 Å². The van der Waals surface area contributed by atoms with E-state index in [-0.39, 0.29) is 5.56 Å². The highest BCUT2D eigenvalue weighted by atomic mass is 19.4. The number of nitrogens with two attached hydrogens (primary N) is 1. The van der Waals surface area contributed by atoms with Gasteiger partial charge >= 0.3 is 6.18 Å². The summed E-state index contributed by atoms with van der Waals surface area (Å²) in [5, 5.41) is 0. The predicted octanol–water partition coefficient (Wildman–Crippen LogP) is 2.45. The third-order valence-electron chi connectivity index (χ3n) is 2.28. The fourth-order valence-electron chi connectivity index (χ4n) is 1.42. The number of halogens is 3. The number of alkyl halides is 3. The molecule has 0 fully saturated rings. The molecule has 0 aliphatic rings. The molecule has 96 valence electrons. The highest BCUT2D eigenvalue weighted by Gasteiger charge is 2.36. The average Bonchev–Trinajstić information content (AvgIpc) is 2.29. The Hall–Kier alpha value is -1.34. The van der Waals surface area contributed by atoms with Crippen LogP contribution in [0.15, 0.2) is 12.3 Å². The Morgan fingerprint density at radius 1 is 1.47 bits per heavy atom. The number of ether oxygens (including phenoxy) is 1. The predicted molar refractivity (Wildman–Crippen MR) is 54.1 cm³/mol. The minimum atomic E-state index is -4.53. The van der Waals surface area contributed by atoms with Crippen LogP contribution in [0, 0.1) is 0 Å². The largest absolute Gasteiger partial charge is 0.481 e. The number of nitrogens with zero attached hydrogens (tertiary/aromatic N) is 1. The number of pyridine rings is 1. The Morgan fingerprint density at radius 2 is 2.12 bits per heavy atom. The molecular weight excluding hydrogens is 237 g/mol. The van der Waals surface area contributed by atoms with Crippen LogP contribution >= 0.6 is 0 Å². The Balaban J connectivity index is 3.22. The second-order valence-electron chi connectivity index (χ2n) is 3.36. The number of hydrogen-bond donors (Lipinski definition) is 1. The molecular formula is C10H13F3N2O2. The van der Waals surface area contributed by atoms with Gasteiger partial charge in [0, 0.05) is 11.8 Å². The SMILES string of the molecule is CCC(ON)c1cnc(OC)c(C(F)(F)F)c1. The molecule has 2 N–H and O–H groups in total. The lowest BCUT2D eigenvalue weighted by molar-refractivity contribution is -0.139. The molecule has 1 unspecified atom stereocenters. The Labute approximate surface area is 96.5 Å². The smallest absolute Gasteiger partial charge is 0.421 e. The van der Waals surface area contributed by atoms with Crippen molar-refractivity contribution in [3.8, 4) is 5.88 Å². The molecule has 0 amide bonds. The molecule has 0 spiro atoms. The van der Waals surface area contributed by atoms with Crippen molar-refractivity contribution in [2.45, 2.75) is 25.6 Å². The molecule has 1 aromatic rings. The zero-order chi connectivity index (χ0) is 13.1. The molecule has 1 aromatic heterocycles. The van der Waals surface area contributed by atoms with Gasteiger partial charge in [-0.3, -0.25) is 4.84 Å². The van der Waals surface area contributed by atoms with Gasteiger partial charge in [-0.25, -0.2) is 10.9 Å². The van der Waals surface area contributed by atoms with Crippen LogP contribution in [0.3, 0.4) is 0 Å². The lowest BCUT2D eigenvalue weighted by atomic mass is 10.1. The van der Waals surface area contributed by atoms with Crippen molar-refractivity contribution in [1.82, 2.24) is 4.98 Å². The molecule has 0 radical (unpaired) electrons. The van der Waals surface area contributed by atoms with E-state index in [2.05, 4.69) is 14.6 Å². The molecule has 0 aliphatic heterocycles. The maximum Gasteiger partial charge on any atom is 0.421 e. The molecule has 4 nitrogen and oxygen atoms in total. The fraction of sp³-hybridized carbons (Fsp3) is 0.500. The Bertz CT molecular complexity index is 378. The average molecular weight is 250 g/mol. The summed E-state index contributed by atoms with van der Waals surface area (Å²) in [4.78, 5) is 8.18. The minimum absolute atomic E-state index is 0.267. The highest BCUT2D eigenvalue weighted by molar-refractivity contribution is 5.33. The van der Waals surface area contributed by atoms with Gasteiger partial charge in [-0.05, 0) is 12.5 Å². The first-order valence-corrected chi connectivity index (χ1v) is 4.90. The van der Waals surface area contributed by atoms with Crippen LogP contribution < -0.4 is 10.6 Å². The van der Waals surface area contributed by atoms with E-state index in [0.717, 1.165) is 13.2 Å².